The summed E-state index contributed by atoms with van der Waals surface area (Å²) >= 11 is 17.9. The monoisotopic (exact) mass is 345 g/mol. The lowest BCUT2D eigenvalue weighted by Gasteiger charge is -2.15. The summed E-state index contributed by atoms with van der Waals surface area (Å²) in [6.45, 7) is 0.283. The molecule has 0 aliphatic rings. The Labute approximate surface area is 138 Å². The second-order valence-electron chi connectivity index (χ2n) is 4.42. The van der Waals surface area contributed by atoms with E-state index in [0.29, 0.717) is 26.5 Å². The zero-order valence-corrected chi connectivity index (χ0v) is 13.5. The first-order chi connectivity index (χ1) is 10.0. The fraction of sp³-hybridized carbons (Fsp3) is 0.200. The lowest BCUT2D eigenvalue weighted by atomic mass is 10.1. The third kappa shape index (κ3) is 4.17. The number of benzene rings is 2. The summed E-state index contributed by atoms with van der Waals surface area (Å²) in [6.07, 6.45) is -0.703. The van der Waals surface area contributed by atoms with Gasteiger partial charge in [0.1, 0.15) is 5.75 Å². The first-order valence-electron chi connectivity index (χ1n) is 6.21. The summed E-state index contributed by atoms with van der Waals surface area (Å²) in [4.78, 5) is 0. The molecule has 2 rings (SSSR count). The molecular formula is C15H14Cl3NO2. The topological polar surface area (TPSA) is 41.5 Å². The molecule has 0 heterocycles. The molecule has 1 atom stereocenters. The Morgan fingerprint density at radius 1 is 1.10 bits per heavy atom. The molecule has 2 aromatic carbocycles. The summed E-state index contributed by atoms with van der Waals surface area (Å²) < 4.78 is 5.13. The number of aliphatic hydroxyl groups is 1. The summed E-state index contributed by atoms with van der Waals surface area (Å²) in [7, 11) is 1.58. The number of anilines is 1. The summed E-state index contributed by atoms with van der Waals surface area (Å²) in [5.41, 5.74) is 1.37. The highest BCUT2D eigenvalue weighted by Crippen LogP contribution is 2.32. The first kappa shape index (κ1) is 16.2. The number of halogens is 3. The number of hydrogen-bond donors (Lipinski definition) is 2. The van der Waals surface area contributed by atoms with Gasteiger partial charge in [0.2, 0.25) is 0 Å². The van der Waals surface area contributed by atoms with Gasteiger partial charge in [-0.15, -0.1) is 0 Å². The molecule has 0 saturated heterocycles. The minimum absolute atomic E-state index is 0.283. The number of hydrogen-bond acceptors (Lipinski definition) is 3. The highest BCUT2D eigenvalue weighted by molar-refractivity contribution is 6.44. The molecule has 1 unspecified atom stereocenters. The standard InChI is InChI=1S/C15H14Cl3NO2/c1-21-10-4-2-3-9(5-10)15(20)8-19-14-7-12(17)11(16)6-13(14)18/h2-7,15,19-20H,8H2,1H3. The summed E-state index contributed by atoms with van der Waals surface area (Å²) in [6, 6.07) is 10.4. The van der Waals surface area contributed by atoms with Crippen molar-refractivity contribution in [1.82, 2.24) is 0 Å². The van der Waals surface area contributed by atoms with E-state index in [1.165, 1.54) is 0 Å². The van der Waals surface area contributed by atoms with Crippen LogP contribution in [0.1, 0.15) is 11.7 Å². The van der Waals surface area contributed by atoms with Crippen LogP contribution in [0, 0.1) is 0 Å². The predicted octanol–water partition coefficient (Wildman–Crippen LogP) is 4.80. The van der Waals surface area contributed by atoms with Gasteiger partial charge in [0.05, 0.1) is 34.0 Å². The second-order valence-corrected chi connectivity index (χ2v) is 5.64. The molecule has 0 amide bonds. The quantitative estimate of drug-likeness (QED) is 0.764. The van der Waals surface area contributed by atoms with Gasteiger partial charge in [0.25, 0.3) is 0 Å². The Balaban J connectivity index is 2.07. The van der Waals surface area contributed by atoms with Crippen molar-refractivity contribution >= 4 is 40.5 Å². The smallest absolute Gasteiger partial charge is 0.119 e. The highest BCUT2D eigenvalue weighted by atomic mass is 35.5. The van der Waals surface area contributed by atoms with Gasteiger partial charge in [-0.05, 0) is 29.8 Å². The van der Waals surface area contributed by atoms with Crippen molar-refractivity contribution in [3.05, 3.63) is 57.0 Å². The van der Waals surface area contributed by atoms with Crippen molar-refractivity contribution in [2.75, 3.05) is 19.0 Å². The summed E-state index contributed by atoms with van der Waals surface area (Å²) in [5, 5.41) is 14.5. The van der Waals surface area contributed by atoms with E-state index in [0.717, 1.165) is 5.56 Å². The van der Waals surface area contributed by atoms with Crippen LogP contribution in [-0.4, -0.2) is 18.8 Å². The third-order valence-electron chi connectivity index (χ3n) is 2.97. The van der Waals surface area contributed by atoms with Crippen molar-refractivity contribution < 1.29 is 9.84 Å². The van der Waals surface area contributed by atoms with Gasteiger partial charge in [-0.25, -0.2) is 0 Å². The van der Waals surface area contributed by atoms with Gasteiger partial charge in [0.15, 0.2) is 0 Å². The maximum absolute atomic E-state index is 10.2. The second kappa shape index (κ2) is 7.23. The Kier molecular flexibility index (Phi) is 5.59. The summed E-state index contributed by atoms with van der Waals surface area (Å²) in [5.74, 6) is 0.694. The normalized spacial score (nSPS) is 12.0. The van der Waals surface area contributed by atoms with Gasteiger partial charge in [-0.2, -0.15) is 0 Å². The number of ether oxygens (including phenoxy) is 1. The van der Waals surface area contributed by atoms with Crippen LogP contribution in [0.25, 0.3) is 0 Å². The van der Waals surface area contributed by atoms with E-state index in [-0.39, 0.29) is 6.54 Å². The molecule has 0 spiro atoms. The molecule has 0 radical (unpaired) electrons. The molecule has 2 aromatic rings. The minimum Gasteiger partial charge on any atom is -0.497 e. The molecule has 0 bridgehead atoms. The largest absolute Gasteiger partial charge is 0.497 e. The van der Waals surface area contributed by atoms with E-state index in [4.69, 9.17) is 39.5 Å². The fourth-order valence-corrected chi connectivity index (χ4v) is 2.44. The Morgan fingerprint density at radius 2 is 1.81 bits per heavy atom. The van der Waals surface area contributed by atoms with Crippen LogP contribution in [-0.2, 0) is 0 Å². The van der Waals surface area contributed by atoms with Crippen molar-refractivity contribution in [2.45, 2.75) is 6.10 Å². The molecule has 3 nitrogen and oxygen atoms in total. The Bertz CT molecular complexity index is 634. The molecule has 112 valence electrons. The molecule has 0 aliphatic carbocycles. The van der Waals surface area contributed by atoms with Gasteiger partial charge < -0.3 is 15.2 Å². The molecule has 6 heteroatoms. The fourth-order valence-electron chi connectivity index (χ4n) is 1.83. The van der Waals surface area contributed by atoms with Crippen LogP contribution in [0.2, 0.25) is 15.1 Å². The zero-order chi connectivity index (χ0) is 15.4. The van der Waals surface area contributed by atoms with Crippen LogP contribution < -0.4 is 10.1 Å². The average molecular weight is 347 g/mol. The van der Waals surface area contributed by atoms with E-state index in [9.17, 15) is 5.11 Å². The van der Waals surface area contributed by atoms with Crippen LogP contribution in [0.4, 0.5) is 5.69 Å². The number of aliphatic hydroxyl groups excluding tert-OH is 1. The van der Waals surface area contributed by atoms with Crippen molar-refractivity contribution in [3.8, 4) is 5.75 Å². The van der Waals surface area contributed by atoms with Gasteiger partial charge in [0, 0.05) is 6.54 Å². The van der Waals surface area contributed by atoms with Crippen LogP contribution in [0.15, 0.2) is 36.4 Å². The van der Waals surface area contributed by atoms with E-state index in [1.807, 2.05) is 18.2 Å². The number of nitrogens with one attached hydrogen (secondary N) is 1. The van der Waals surface area contributed by atoms with Crippen molar-refractivity contribution in [1.29, 1.82) is 0 Å². The third-order valence-corrected chi connectivity index (χ3v) is 4.01. The average Bonchev–Trinajstić information content (AvgIpc) is 2.49. The van der Waals surface area contributed by atoms with Crippen LogP contribution in [0.3, 0.4) is 0 Å². The molecule has 0 aromatic heterocycles. The Hall–Kier alpha value is -1.13. The molecule has 2 N–H and O–H groups in total. The lowest BCUT2D eigenvalue weighted by molar-refractivity contribution is 0.191. The van der Waals surface area contributed by atoms with Gasteiger partial charge >= 0.3 is 0 Å². The molecule has 0 saturated carbocycles. The van der Waals surface area contributed by atoms with Gasteiger partial charge in [-0.3, -0.25) is 0 Å². The van der Waals surface area contributed by atoms with E-state index >= 15 is 0 Å². The maximum atomic E-state index is 10.2. The molecule has 21 heavy (non-hydrogen) atoms. The SMILES string of the molecule is COc1cccc(C(O)CNc2cc(Cl)c(Cl)cc2Cl)c1. The minimum atomic E-state index is -0.703. The first-order valence-corrected chi connectivity index (χ1v) is 7.35. The van der Waals surface area contributed by atoms with Crippen LogP contribution >= 0.6 is 34.8 Å². The zero-order valence-electron chi connectivity index (χ0n) is 11.2. The highest BCUT2D eigenvalue weighted by Gasteiger charge is 2.11. The van der Waals surface area contributed by atoms with Crippen molar-refractivity contribution in [3.63, 3.8) is 0 Å². The Morgan fingerprint density at radius 3 is 2.52 bits per heavy atom. The molecule has 0 aliphatic heterocycles. The molecule has 0 fully saturated rings. The van der Waals surface area contributed by atoms with E-state index in [1.54, 1.807) is 25.3 Å². The maximum Gasteiger partial charge on any atom is 0.119 e. The predicted molar refractivity (Wildman–Crippen MR) is 87.9 cm³/mol. The number of rotatable bonds is 5. The van der Waals surface area contributed by atoms with E-state index < -0.39 is 6.10 Å². The van der Waals surface area contributed by atoms with E-state index in [2.05, 4.69) is 5.32 Å². The van der Waals surface area contributed by atoms with Crippen molar-refractivity contribution in [2.24, 2.45) is 0 Å². The molecular weight excluding hydrogens is 333 g/mol. The lowest BCUT2D eigenvalue weighted by Crippen LogP contribution is -2.12. The number of methoxy groups -OCH3 is 1. The van der Waals surface area contributed by atoms with Gasteiger partial charge in [-0.1, -0.05) is 46.9 Å². The van der Waals surface area contributed by atoms with Crippen LogP contribution in [0.5, 0.6) is 5.75 Å².